The molecule has 0 amide bonds. The highest BCUT2D eigenvalue weighted by molar-refractivity contribution is 6.31. The Balaban J connectivity index is 2.50. The van der Waals surface area contributed by atoms with E-state index in [9.17, 15) is 0 Å². The van der Waals surface area contributed by atoms with Gasteiger partial charge in [-0.1, -0.05) is 50.1 Å². The monoisotopic (exact) mass is 253 g/mol. The van der Waals surface area contributed by atoms with Gasteiger partial charge in [-0.15, -0.1) is 0 Å². The summed E-state index contributed by atoms with van der Waals surface area (Å²) < 4.78 is 0. The van der Waals surface area contributed by atoms with Crippen LogP contribution in [-0.4, -0.2) is 12.1 Å². The van der Waals surface area contributed by atoms with E-state index in [1.807, 2.05) is 18.2 Å². The number of benzene rings is 1. The Hall–Kier alpha value is -0.530. The summed E-state index contributed by atoms with van der Waals surface area (Å²) in [7, 11) is 0. The third-order valence-electron chi connectivity index (χ3n) is 3.53. The summed E-state index contributed by atoms with van der Waals surface area (Å²) in [6.07, 6.45) is 2.20. The highest BCUT2D eigenvalue weighted by Crippen LogP contribution is 2.17. The second-order valence-corrected chi connectivity index (χ2v) is 5.44. The molecule has 1 nitrogen and oxygen atoms in total. The van der Waals surface area contributed by atoms with Gasteiger partial charge in [-0.3, -0.25) is 0 Å². The maximum absolute atomic E-state index is 6.17. The van der Waals surface area contributed by atoms with Gasteiger partial charge >= 0.3 is 0 Å². The molecule has 17 heavy (non-hydrogen) atoms. The molecule has 0 heterocycles. The Labute approximate surface area is 111 Å². The van der Waals surface area contributed by atoms with Crippen LogP contribution >= 0.6 is 11.6 Å². The minimum Gasteiger partial charge on any atom is -0.311 e. The highest BCUT2D eigenvalue weighted by atomic mass is 35.5. The Morgan fingerprint density at radius 2 is 1.82 bits per heavy atom. The highest BCUT2D eigenvalue weighted by Gasteiger charge is 2.13. The molecule has 0 aliphatic carbocycles. The normalized spacial score (nSPS) is 16.5. The molecule has 1 rings (SSSR count). The lowest BCUT2D eigenvalue weighted by Gasteiger charge is -2.24. The van der Waals surface area contributed by atoms with Crippen LogP contribution in [0.4, 0.5) is 0 Å². The van der Waals surface area contributed by atoms with Crippen molar-refractivity contribution in [2.45, 2.75) is 52.6 Å². The number of rotatable bonds is 6. The zero-order chi connectivity index (χ0) is 12.8. The predicted molar refractivity (Wildman–Crippen MR) is 76.7 cm³/mol. The molecule has 0 radical (unpaired) electrons. The Bertz CT molecular complexity index is 337. The summed E-state index contributed by atoms with van der Waals surface area (Å²) in [6, 6.07) is 9.10. The van der Waals surface area contributed by atoms with Crippen molar-refractivity contribution in [3.05, 3.63) is 34.9 Å². The zero-order valence-electron chi connectivity index (χ0n) is 11.3. The van der Waals surface area contributed by atoms with Gasteiger partial charge in [-0.25, -0.2) is 0 Å². The molecule has 0 saturated heterocycles. The van der Waals surface area contributed by atoms with Crippen molar-refractivity contribution in [1.82, 2.24) is 5.32 Å². The van der Waals surface area contributed by atoms with Gasteiger partial charge in [0.05, 0.1) is 0 Å². The van der Waals surface area contributed by atoms with Gasteiger partial charge in [0.2, 0.25) is 0 Å². The molecule has 0 fully saturated rings. The van der Waals surface area contributed by atoms with Gasteiger partial charge in [-0.05, 0) is 37.8 Å². The molecule has 3 atom stereocenters. The van der Waals surface area contributed by atoms with Gasteiger partial charge in [0.15, 0.2) is 0 Å². The molecule has 0 aliphatic rings. The summed E-state index contributed by atoms with van der Waals surface area (Å²) in [4.78, 5) is 0. The number of hydrogen-bond donors (Lipinski definition) is 1. The summed E-state index contributed by atoms with van der Waals surface area (Å²) in [5.74, 6) is 0.712. The van der Waals surface area contributed by atoms with Gasteiger partial charge in [0, 0.05) is 17.1 Å². The van der Waals surface area contributed by atoms with Crippen molar-refractivity contribution in [2.75, 3.05) is 0 Å². The van der Waals surface area contributed by atoms with E-state index in [1.165, 1.54) is 12.0 Å². The van der Waals surface area contributed by atoms with Gasteiger partial charge in [-0.2, -0.15) is 0 Å². The first-order valence-electron chi connectivity index (χ1n) is 6.54. The minimum atomic E-state index is 0.457. The van der Waals surface area contributed by atoms with Crippen molar-refractivity contribution in [1.29, 1.82) is 0 Å². The van der Waals surface area contributed by atoms with Crippen LogP contribution in [-0.2, 0) is 6.42 Å². The zero-order valence-corrected chi connectivity index (χ0v) is 12.1. The molecule has 1 N–H and O–H groups in total. The van der Waals surface area contributed by atoms with E-state index in [0.29, 0.717) is 18.0 Å². The van der Waals surface area contributed by atoms with Gasteiger partial charge in [0.25, 0.3) is 0 Å². The van der Waals surface area contributed by atoms with Crippen LogP contribution in [0.5, 0.6) is 0 Å². The van der Waals surface area contributed by atoms with Crippen LogP contribution in [0.2, 0.25) is 5.02 Å². The second-order valence-electron chi connectivity index (χ2n) is 5.04. The lowest BCUT2D eigenvalue weighted by atomic mass is 9.99. The Kier molecular flexibility index (Phi) is 6.01. The van der Waals surface area contributed by atoms with Gasteiger partial charge in [0.1, 0.15) is 0 Å². The fourth-order valence-corrected chi connectivity index (χ4v) is 2.23. The Morgan fingerprint density at radius 3 is 2.41 bits per heavy atom. The first kappa shape index (κ1) is 14.5. The quantitative estimate of drug-likeness (QED) is 0.797. The van der Waals surface area contributed by atoms with E-state index in [4.69, 9.17) is 11.6 Å². The van der Waals surface area contributed by atoms with Crippen molar-refractivity contribution in [3.63, 3.8) is 0 Å². The van der Waals surface area contributed by atoms with Crippen molar-refractivity contribution in [3.8, 4) is 0 Å². The minimum absolute atomic E-state index is 0.457. The van der Waals surface area contributed by atoms with Crippen molar-refractivity contribution < 1.29 is 0 Å². The average Bonchev–Trinajstić information content (AvgIpc) is 2.31. The molecular formula is C15H24ClN. The largest absolute Gasteiger partial charge is 0.311 e. The van der Waals surface area contributed by atoms with Crippen LogP contribution in [0.3, 0.4) is 0 Å². The van der Waals surface area contributed by atoms with E-state index in [-0.39, 0.29) is 0 Å². The van der Waals surface area contributed by atoms with Gasteiger partial charge < -0.3 is 5.32 Å². The fourth-order valence-electron chi connectivity index (χ4n) is 2.02. The maximum atomic E-state index is 6.17. The van der Waals surface area contributed by atoms with E-state index < -0.39 is 0 Å². The van der Waals surface area contributed by atoms with Crippen LogP contribution in [0.15, 0.2) is 24.3 Å². The summed E-state index contributed by atoms with van der Waals surface area (Å²) in [6.45, 7) is 9.01. The van der Waals surface area contributed by atoms with Crippen LogP contribution in [0, 0.1) is 5.92 Å². The summed E-state index contributed by atoms with van der Waals surface area (Å²) in [5.41, 5.74) is 1.23. The van der Waals surface area contributed by atoms with Crippen LogP contribution in [0.1, 0.15) is 39.7 Å². The average molecular weight is 254 g/mol. The molecule has 2 heteroatoms. The first-order valence-corrected chi connectivity index (χ1v) is 6.91. The molecule has 0 aliphatic heterocycles. The molecule has 0 bridgehead atoms. The molecule has 0 aromatic heterocycles. The summed E-state index contributed by atoms with van der Waals surface area (Å²) in [5, 5.41) is 4.52. The van der Waals surface area contributed by atoms with E-state index >= 15 is 0 Å². The second kappa shape index (κ2) is 7.03. The van der Waals surface area contributed by atoms with E-state index in [1.54, 1.807) is 0 Å². The molecule has 3 unspecified atom stereocenters. The number of nitrogens with one attached hydrogen (secondary N) is 1. The SMILES string of the molecule is CCC(C)C(C)NC(C)Cc1ccccc1Cl. The molecule has 0 saturated carbocycles. The molecule has 1 aromatic carbocycles. The van der Waals surface area contributed by atoms with Crippen molar-refractivity contribution >= 4 is 11.6 Å². The topological polar surface area (TPSA) is 12.0 Å². The number of halogens is 1. The lowest BCUT2D eigenvalue weighted by molar-refractivity contribution is 0.355. The third-order valence-corrected chi connectivity index (χ3v) is 3.90. The third kappa shape index (κ3) is 4.69. The smallest absolute Gasteiger partial charge is 0.0438 e. The molecule has 96 valence electrons. The molecule has 0 spiro atoms. The standard InChI is InChI=1S/C15H24ClN/c1-5-11(2)13(4)17-12(3)10-14-8-6-7-9-15(14)16/h6-9,11-13,17H,5,10H2,1-4H3. The Morgan fingerprint density at radius 1 is 1.18 bits per heavy atom. The van der Waals surface area contributed by atoms with Crippen LogP contribution in [0.25, 0.3) is 0 Å². The lowest BCUT2D eigenvalue weighted by Crippen LogP contribution is -2.39. The first-order chi connectivity index (χ1) is 8.04. The fraction of sp³-hybridized carbons (Fsp3) is 0.600. The maximum Gasteiger partial charge on any atom is 0.0438 e. The predicted octanol–water partition coefficient (Wildman–Crippen LogP) is 4.30. The molecular weight excluding hydrogens is 230 g/mol. The van der Waals surface area contributed by atoms with E-state index in [2.05, 4.69) is 39.1 Å². The summed E-state index contributed by atoms with van der Waals surface area (Å²) >= 11 is 6.17. The van der Waals surface area contributed by atoms with E-state index in [0.717, 1.165) is 11.4 Å². The van der Waals surface area contributed by atoms with Crippen LogP contribution < -0.4 is 5.32 Å². The number of hydrogen-bond acceptors (Lipinski definition) is 1. The van der Waals surface area contributed by atoms with Crippen molar-refractivity contribution in [2.24, 2.45) is 5.92 Å². The molecule has 1 aromatic rings.